The lowest BCUT2D eigenvalue weighted by molar-refractivity contribution is -0.128. The Morgan fingerprint density at radius 2 is 1.61 bits per heavy atom. The van der Waals surface area contributed by atoms with Crippen molar-refractivity contribution in [3.05, 3.63) is 54.1 Å². The second kappa shape index (κ2) is 12.0. The molecule has 1 unspecified atom stereocenters. The predicted octanol–water partition coefficient (Wildman–Crippen LogP) is 3.78. The van der Waals surface area contributed by atoms with Gasteiger partial charge in [0.05, 0.1) is 11.4 Å². The summed E-state index contributed by atoms with van der Waals surface area (Å²) in [5, 5.41) is 2.83. The number of aryl methyl sites for hydroxylation is 1. The fourth-order valence-corrected chi connectivity index (χ4v) is 5.23. The largest absolute Gasteiger partial charge is 0.492 e. The molecule has 3 rings (SSSR count). The summed E-state index contributed by atoms with van der Waals surface area (Å²) >= 11 is 0. The van der Waals surface area contributed by atoms with Gasteiger partial charge < -0.3 is 14.8 Å². The van der Waals surface area contributed by atoms with Crippen molar-refractivity contribution in [3.8, 4) is 11.5 Å². The van der Waals surface area contributed by atoms with Gasteiger partial charge in [0.25, 0.3) is 5.91 Å². The van der Waals surface area contributed by atoms with E-state index in [4.69, 9.17) is 9.47 Å². The van der Waals surface area contributed by atoms with Crippen LogP contribution in [-0.4, -0.2) is 51.0 Å². The number of carbonyl (C=O) groups is 1. The summed E-state index contributed by atoms with van der Waals surface area (Å²) in [5.41, 5.74) is 1.22. The number of hydrogen-bond acceptors (Lipinski definition) is 5. The molecular formula is C25H34N2O5S. The van der Waals surface area contributed by atoms with Crippen LogP contribution in [0.4, 0.5) is 0 Å². The molecule has 1 aliphatic heterocycles. The number of nitrogens with one attached hydrogen (secondary N) is 1. The third kappa shape index (κ3) is 6.95. The zero-order valence-corrected chi connectivity index (χ0v) is 20.3. The number of rotatable bonds is 11. The van der Waals surface area contributed by atoms with Gasteiger partial charge in [-0.1, -0.05) is 32.4 Å². The molecule has 0 aliphatic carbocycles. The monoisotopic (exact) mass is 474 g/mol. The summed E-state index contributed by atoms with van der Waals surface area (Å²) in [6.45, 7) is 5.74. The molecule has 33 heavy (non-hydrogen) atoms. The van der Waals surface area contributed by atoms with Crippen molar-refractivity contribution in [1.29, 1.82) is 0 Å². The molecule has 1 saturated heterocycles. The van der Waals surface area contributed by atoms with Crippen LogP contribution in [0.15, 0.2) is 53.4 Å². The third-order valence-corrected chi connectivity index (χ3v) is 7.63. The first-order chi connectivity index (χ1) is 15.9. The van der Waals surface area contributed by atoms with Crippen molar-refractivity contribution < 1.29 is 22.7 Å². The molecule has 0 saturated carbocycles. The van der Waals surface area contributed by atoms with E-state index in [2.05, 4.69) is 12.2 Å². The summed E-state index contributed by atoms with van der Waals surface area (Å²) in [6, 6.07) is 14.2. The summed E-state index contributed by atoms with van der Waals surface area (Å²) in [7, 11) is -3.45. The Bertz CT molecular complexity index is 984. The lowest BCUT2D eigenvalue weighted by Gasteiger charge is -2.25. The van der Waals surface area contributed by atoms with Gasteiger partial charge in [0.1, 0.15) is 18.1 Å². The lowest BCUT2D eigenvalue weighted by atomic mass is 10.2. The van der Waals surface area contributed by atoms with Crippen LogP contribution in [-0.2, 0) is 21.2 Å². The molecule has 1 aliphatic rings. The minimum absolute atomic E-state index is 0.191. The van der Waals surface area contributed by atoms with Gasteiger partial charge in [0, 0.05) is 13.1 Å². The van der Waals surface area contributed by atoms with E-state index >= 15 is 0 Å². The number of benzene rings is 2. The average Bonchev–Trinajstić information content (AvgIpc) is 2.86. The number of piperidine rings is 1. The molecule has 8 heteroatoms. The zero-order valence-electron chi connectivity index (χ0n) is 19.5. The van der Waals surface area contributed by atoms with Gasteiger partial charge in [0.15, 0.2) is 6.10 Å². The van der Waals surface area contributed by atoms with E-state index in [0.29, 0.717) is 37.6 Å². The Morgan fingerprint density at radius 1 is 0.970 bits per heavy atom. The fraction of sp³-hybridized carbons (Fsp3) is 0.480. The molecule has 2 aromatic carbocycles. The highest BCUT2D eigenvalue weighted by molar-refractivity contribution is 7.89. The van der Waals surface area contributed by atoms with E-state index in [1.165, 1.54) is 5.56 Å². The Labute approximate surface area is 197 Å². The second-order valence-corrected chi connectivity index (χ2v) is 10.0. The number of ether oxygens (including phenoxy) is 2. The van der Waals surface area contributed by atoms with E-state index in [1.807, 2.05) is 31.2 Å². The lowest BCUT2D eigenvalue weighted by Crippen LogP contribution is -2.39. The Balaban J connectivity index is 1.44. The molecule has 1 heterocycles. The van der Waals surface area contributed by atoms with Gasteiger partial charge in [-0.2, -0.15) is 4.31 Å². The first-order valence-electron chi connectivity index (χ1n) is 11.7. The first kappa shape index (κ1) is 25.1. The maximum absolute atomic E-state index is 12.7. The van der Waals surface area contributed by atoms with Crippen molar-refractivity contribution in [3.63, 3.8) is 0 Å². The molecule has 0 radical (unpaired) electrons. The fourth-order valence-electron chi connectivity index (χ4n) is 3.71. The topological polar surface area (TPSA) is 84.9 Å². The first-order valence-corrected chi connectivity index (χ1v) is 13.1. The van der Waals surface area contributed by atoms with Crippen LogP contribution in [0.3, 0.4) is 0 Å². The van der Waals surface area contributed by atoms with Gasteiger partial charge >= 0.3 is 0 Å². The number of sulfonamides is 1. The predicted molar refractivity (Wildman–Crippen MR) is 128 cm³/mol. The molecule has 2 aromatic rings. The Morgan fingerprint density at radius 3 is 2.21 bits per heavy atom. The van der Waals surface area contributed by atoms with Crippen molar-refractivity contribution >= 4 is 15.9 Å². The molecular weight excluding hydrogens is 440 g/mol. The highest BCUT2D eigenvalue weighted by atomic mass is 32.2. The van der Waals surface area contributed by atoms with Gasteiger partial charge in [-0.05, 0) is 67.6 Å². The van der Waals surface area contributed by atoms with Crippen LogP contribution in [0.25, 0.3) is 0 Å². The quantitative estimate of drug-likeness (QED) is 0.501. The van der Waals surface area contributed by atoms with Crippen LogP contribution in [0.2, 0.25) is 0 Å². The molecule has 7 nitrogen and oxygen atoms in total. The molecule has 0 bridgehead atoms. The van der Waals surface area contributed by atoms with Crippen LogP contribution in [0.5, 0.6) is 11.5 Å². The highest BCUT2D eigenvalue weighted by Gasteiger charge is 2.25. The van der Waals surface area contributed by atoms with E-state index in [9.17, 15) is 13.2 Å². The van der Waals surface area contributed by atoms with E-state index in [1.54, 1.807) is 28.6 Å². The van der Waals surface area contributed by atoms with Crippen molar-refractivity contribution in [2.75, 3.05) is 26.2 Å². The summed E-state index contributed by atoms with van der Waals surface area (Å²) in [4.78, 5) is 12.7. The molecule has 1 fully saturated rings. The van der Waals surface area contributed by atoms with Gasteiger partial charge in [-0.15, -0.1) is 0 Å². The van der Waals surface area contributed by atoms with Crippen LogP contribution in [0, 0.1) is 0 Å². The van der Waals surface area contributed by atoms with Gasteiger partial charge in [0.2, 0.25) is 10.0 Å². The molecule has 1 amide bonds. The highest BCUT2D eigenvalue weighted by Crippen LogP contribution is 2.22. The smallest absolute Gasteiger partial charge is 0.261 e. The average molecular weight is 475 g/mol. The number of amides is 1. The third-order valence-electron chi connectivity index (χ3n) is 5.72. The summed E-state index contributed by atoms with van der Waals surface area (Å²) in [5.74, 6) is 1.04. The molecule has 1 atom stereocenters. The van der Waals surface area contributed by atoms with E-state index in [-0.39, 0.29) is 17.4 Å². The van der Waals surface area contributed by atoms with E-state index < -0.39 is 16.1 Å². The van der Waals surface area contributed by atoms with Crippen LogP contribution in [0.1, 0.15) is 45.1 Å². The molecule has 1 N–H and O–H groups in total. The maximum Gasteiger partial charge on any atom is 0.261 e. The maximum atomic E-state index is 12.7. The van der Waals surface area contributed by atoms with Crippen LogP contribution < -0.4 is 14.8 Å². The number of hydrogen-bond donors (Lipinski definition) is 1. The van der Waals surface area contributed by atoms with Crippen LogP contribution >= 0.6 is 0 Å². The van der Waals surface area contributed by atoms with Crippen molar-refractivity contribution in [1.82, 2.24) is 9.62 Å². The van der Waals surface area contributed by atoms with E-state index in [0.717, 1.165) is 25.7 Å². The second-order valence-electron chi connectivity index (χ2n) is 8.09. The summed E-state index contributed by atoms with van der Waals surface area (Å²) < 4.78 is 38.5. The SMILES string of the molecule is CCc1ccc(OC(CC)C(=O)NCCOc2ccc(S(=O)(=O)N3CCCCC3)cc2)cc1. The standard InChI is InChI=1S/C25H34N2O5S/c1-3-20-8-10-22(11-9-20)32-24(4-2)25(28)26-16-19-31-21-12-14-23(15-13-21)33(29,30)27-17-6-5-7-18-27/h8-15,24H,3-7,16-19H2,1-2H3,(H,26,28). The summed E-state index contributed by atoms with van der Waals surface area (Å²) in [6.07, 6.45) is 3.82. The minimum Gasteiger partial charge on any atom is -0.492 e. The zero-order chi connectivity index (χ0) is 23.7. The minimum atomic E-state index is -3.45. The van der Waals surface area contributed by atoms with Crippen molar-refractivity contribution in [2.45, 2.75) is 57.0 Å². The van der Waals surface area contributed by atoms with Gasteiger partial charge in [-0.25, -0.2) is 8.42 Å². The van der Waals surface area contributed by atoms with Crippen molar-refractivity contribution in [2.24, 2.45) is 0 Å². The number of carbonyl (C=O) groups excluding carboxylic acids is 1. The molecule has 0 aromatic heterocycles. The Hall–Kier alpha value is -2.58. The molecule has 0 spiro atoms. The Kier molecular flexibility index (Phi) is 9.14. The number of nitrogens with zero attached hydrogens (tertiary/aromatic N) is 1. The normalized spacial score (nSPS) is 15.6. The molecule has 180 valence electrons. The van der Waals surface area contributed by atoms with Gasteiger partial charge in [-0.3, -0.25) is 4.79 Å².